The average molecular weight is 545 g/mol. The van der Waals surface area contributed by atoms with E-state index >= 15 is 0 Å². The second-order valence-electron chi connectivity index (χ2n) is 8.55. The van der Waals surface area contributed by atoms with E-state index in [2.05, 4.69) is 91.0 Å². The van der Waals surface area contributed by atoms with Crippen molar-refractivity contribution in [3.63, 3.8) is 0 Å². The SMILES string of the molecule is Br.O=C1c2ccccc2C(=O)N1CCCC[P+](c1ccccc1)(c1ccccc1)c1ccccc1. The molecule has 176 valence electrons. The maximum absolute atomic E-state index is 12.8. The van der Waals surface area contributed by atoms with E-state index in [1.165, 1.54) is 20.8 Å². The number of benzene rings is 4. The van der Waals surface area contributed by atoms with Crippen LogP contribution < -0.4 is 15.9 Å². The van der Waals surface area contributed by atoms with Crippen molar-refractivity contribution in [1.82, 2.24) is 4.90 Å². The van der Waals surface area contributed by atoms with Crippen LogP contribution in [0.4, 0.5) is 0 Å². The number of carbonyl (C=O) groups excluding carboxylic acids is 2. The van der Waals surface area contributed by atoms with Crippen LogP contribution in [0.1, 0.15) is 33.6 Å². The molecule has 5 heteroatoms. The molecule has 0 aliphatic carbocycles. The molecule has 2 amide bonds. The van der Waals surface area contributed by atoms with Gasteiger partial charge in [0, 0.05) is 6.54 Å². The minimum absolute atomic E-state index is 0. The smallest absolute Gasteiger partial charge is 0.261 e. The molecule has 1 aliphatic rings. The molecule has 1 aliphatic heterocycles. The molecule has 0 unspecified atom stereocenters. The first-order chi connectivity index (χ1) is 16.7. The Labute approximate surface area is 217 Å². The summed E-state index contributed by atoms with van der Waals surface area (Å²) in [4.78, 5) is 27.0. The summed E-state index contributed by atoms with van der Waals surface area (Å²) >= 11 is 0. The number of rotatable bonds is 8. The zero-order chi connectivity index (χ0) is 23.4. The topological polar surface area (TPSA) is 37.4 Å². The lowest BCUT2D eigenvalue weighted by molar-refractivity contribution is 0.0652. The summed E-state index contributed by atoms with van der Waals surface area (Å²) in [6, 6.07) is 39.5. The summed E-state index contributed by atoms with van der Waals surface area (Å²) in [5.74, 6) is -0.341. The first-order valence-corrected chi connectivity index (χ1v) is 13.7. The Bertz CT molecular complexity index is 1160. The number of amides is 2. The average Bonchev–Trinajstić information content (AvgIpc) is 3.15. The van der Waals surface area contributed by atoms with Crippen LogP contribution in [0.5, 0.6) is 0 Å². The van der Waals surface area contributed by atoms with Gasteiger partial charge in [-0.1, -0.05) is 66.7 Å². The largest absolute Gasteiger partial charge is 0.274 e. The molecule has 5 rings (SSSR count). The number of halogens is 1. The lowest BCUT2D eigenvalue weighted by Gasteiger charge is -2.28. The van der Waals surface area contributed by atoms with E-state index < -0.39 is 7.26 Å². The third-order valence-corrected chi connectivity index (χ3v) is 11.1. The fourth-order valence-corrected chi connectivity index (χ4v) is 9.35. The molecule has 35 heavy (non-hydrogen) atoms. The van der Waals surface area contributed by atoms with Gasteiger partial charge in [0.2, 0.25) is 0 Å². The molecule has 0 spiro atoms. The minimum atomic E-state index is -1.89. The van der Waals surface area contributed by atoms with E-state index in [-0.39, 0.29) is 28.8 Å². The predicted octanol–water partition coefficient (Wildman–Crippen LogP) is 5.63. The van der Waals surface area contributed by atoms with Crippen LogP contribution in [0.25, 0.3) is 0 Å². The highest BCUT2D eigenvalue weighted by molar-refractivity contribution is 8.93. The highest BCUT2D eigenvalue weighted by atomic mass is 79.9. The molecular weight excluding hydrogens is 517 g/mol. The summed E-state index contributed by atoms with van der Waals surface area (Å²) in [5, 5.41) is 4.06. The van der Waals surface area contributed by atoms with Crippen LogP contribution in [-0.2, 0) is 0 Å². The Hall–Kier alpha value is -3.07. The van der Waals surface area contributed by atoms with Crippen molar-refractivity contribution in [2.75, 3.05) is 12.7 Å². The van der Waals surface area contributed by atoms with E-state index in [1.807, 2.05) is 12.1 Å². The highest BCUT2D eigenvalue weighted by Crippen LogP contribution is 2.55. The summed E-state index contributed by atoms with van der Waals surface area (Å²) in [6.45, 7) is 0.449. The number of hydrogen-bond donors (Lipinski definition) is 0. The number of carbonyl (C=O) groups is 2. The van der Waals surface area contributed by atoms with E-state index in [9.17, 15) is 9.59 Å². The molecule has 4 aromatic carbocycles. The number of imide groups is 1. The van der Waals surface area contributed by atoms with Gasteiger partial charge < -0.3 is 0 Å². The standard InChI is InChI=1S/C30H27NO2P.BrH/c32-29-27-20-10-11-21-28(27)30(33)31(29)22-12-13-23-34(24-14-4-1-5-15-24,25-16-6-2-7-17-25)26-18-8-3-9-19-26;/h1-11,14-21H,12-13,22-23H2;1H/q+1;. The van der Waals surface area contributed by atoms with Crippen molar-refractivity contribution < 1.29 is 9.59 Å². The fraction of sp³-hybridized carbons (Fsp3) is 0.133. The fourth-order valence-electron chi connectivity index (χ4n) is 4.94. The second kappa shape index (κ2) is 11.1. The van der Waals surface area contributed by atoms with Crippen LogP contribution in [-0.4, -0.2) is 29.4 Å². The number of hydrogen-bond acceptors (Lipinski definition) is 2. The van der Waals surface area contributed by atoms with E-state index in [4.69, 9.17) is 0 Å². The van der Waals surface area contributed by atoms with Crippen LogP contribution >= 0.6 is 24.2 Å². The lowest BCUT2D eigenvalue weighted by Crippen LogP contribution is -2.34. The Morgan fingerprint density at radius 2 is 0.886 bits per heavy atom. The Balaban J connectivity index is 0.00000289. The molecule has 0 radical (unpaired) electrons. The predicted molar refractivity (Wildman–Crippen MR) is 151 cm³/mol. The van der Waals surface area contributed by atoms with Crippen molar-refractivity contribution in [1.29, 1.82) is 0 Å². The van der Waals surface area contributed by atoms with Gasteiger partial charge in [0.1, 0.15) is 23.2 Å². The van der Waals surface area contributed by atoms with Crippen molar-refractivity contribution in [3.8, 4) is 0 Å². The maximum Gasteiger partial charge on any atom is 0.261 e. The van der Waals surface area contributed by atoms with Gasteiger partial charge in [-0.15, -0.1) is 17.0 Å². The molecule has 0 bridgehead atoms. The molecule has 3 nitrogen and oxygen atoms in total. The Kier molecular flexibility index (Phi) is 7.95. The van der Waals surface area contributed by atoms with Gasteiger partial charge in [-0.25, -0.2) is 0 Å². The third-order valence-electron chi connectivity index (χ3n) is 6.59. The van der Waals surface area contributed by atoms with Gasteiger partial charge >= 0.3 is 0 Å². The molecule has 0 atom stereocenters. The van der Waals surface area contributed by atoms with Gasteiger partial charge in [0.25, 0.3) is 11.8 Å². The third kappa shape index (κ3) is 4.74. The quantitative estimate of drug-likeness (QED) is 0.164. The molecule has 0 fully saturated rings. The monoisotopic (exact) mass is 544 g/mol. The zero-order valence-corrected chi connectivity index (χ0v) is 22.0. The van der Waals surface area contributed by atoms with E-state index in [1.54, 1.807) is 12.1 Å². The van der Waals surface area contributed by atoms with Crippen molar-refractivity contribution >= 4 is 52.0 Å². The second-order valence-corrected chi connectivity index (χ2v) is 12.2. The van der Waals surface area contributed by atoms with Crippen molar-refractivity contribution in [2.24, 2.45) is 0 Å². The van der Waals surface area contributed by atoms with Gasteiger partial charge in [0.15, 0.2) is 0 Å². The minimum Gasteiger partial charge on any atom is -0.274 e. The zero-order valence-electron chi connectivity index (χ0n) is 19.4. The molecule has 0 aromatic heterocycles. The van der Waals surface area contributed by atoms with Crippen LogP contribution in [0.3, 0.4) is 0 Å². The number of unbranched alkanes of at least 4 members (excludes halogenated alkanes) is 1. The van der Waals surface area contributed by atoms with Crippen LogP contribution in [0, 0.1) is 0 Å². The van der Waals surface area contributed by atoms with Gasteiger partial charge in [-0.3, -0.25) is 14.5 Å². The summed E-state index contributed by atoms with van der Waals surface area (Å²) in [6.07, 6.45) is 2.67. The summed E-state index contributed by atoms with van der Waals surface area (Å²) in [7, 11) is -1.89. The normalized spacial score (nSPS) is 12.9. The van der Waals surface area contributed by atoms with E-state index in [0.29, 0.717) is 17.7 Å². The first-order valence-electron chi connectivity index (χ1n) is 11.7. The molecule has 1 heterocycles. The summed E-state index contributed by atoms with van der Waals surface area (Å²) < 4.78 is 0. The Morgan fingerprint density at radius 3 is 1.29 bits per heavy atom. The number of nitrogens with zero attached hydrogens (tertiary/aromatic N) is 1. The molecule has 0 N–H and O–H groups in total. The molecule has 0 saturated carbocycles. The number of fused-ring (bicyclic) bond motifs is 1. The molecular formula is C30H28BrNO2P+. The van der Waals surface area contributed by atoms with Crippen molar-refractivity contribution in [2.45, 2.75) is 12.8 Å². The maximum atomic E-state index is 12.8. The van der Waals surface area contributed by atoms with Crippen LogP contribution in [0.15, 0.2) is 115 Å². The lowest BCUT2D eigenvalue weighted by atomic mass is 10.1. The first kappa shape index (κ1) is 25.0. The molecule has 4 aromatic rings. The molecule has 0 saturated heterocycles. The van der Waals surface area contributed by atoms with Gasteiger partial charge in [-0.05, 0) is 61.4 Å². The van der Waals surface area contributed by atoms with Gasteiger partial charge in [0.05, 0.1) is 17.3 Å². The van der Waals surface area contributed by atoms with Crippen LogP contribution in [0.2, 0.25) is 0 Å². The Morgan fingerprint density at radius 1 is 0.514 bits per heavy atom. The summed E-state index contributed by atoms with van der Waals surface area (Å²) in [5.41, 5.74) is 1.04. The van der Waals surface area contributed by atoms with Crippen molar-refractivity contribution in [3.05, 3.63) is 126 Å². The van der Waals surface area contributed by atoms with E-state index in [0.717, 1.165) is 19.0 Å². The highest BCUT2D eigenvalue weighted by Gasteiger charge is 2.44. The van der Waals surface area contributed by atoms with Gasteiger partial charge in [-0.2, -0.15) is 0 Å².